The van der Waals surface area contributed by atoms with Crippen LogP contribution in [0.3, 0.4) is 0 Å². The van der Waals surface area contributed by atoms with Crippen LogP contribution in [0.4, 0.5) is 0 Å². The maximum Gasteiger partial charge on any atom is 0.428 e. The summed E-state index contributed by atoms with van der Waals surface area (Å²) in [6, 6.07) is 0. The molecule has 0 radical (unpaired) electrons. The van der Waals surface area contributed by atoms with E-state index < -0.39 is 7.60 Å². The summed E-state index contributed by atoms with van der Waals surface area (Å²) in [6.45, 7) is 0. The van der Waals surface area contributed by atoms with Gasteiger partial charge >= 0.3 is 7.60 Å². The summed E-state index contributed by atoms with van der Waals surface area (Å²) < 4.78 is 13.8. The van der Waals surface area contributed by atoms with Crippen LogP contribution in [0.25, 0.3) is 0 Å². The zero-order valence-corrected chi connectivity index (χ0v) is 4.55. The SMILES string of the molecule is COP(=O)(O)C#N. The van der Waals surface area contributed by atoms with Crippen molar-refractivity contribution in [1.29, 1.82) is 5.26 Å². The summed E-state index contributed by atoms with van der Waals surface area (Å²) in [5.41, 5.74) is 0. The van der Waals surface area contributed by atoms with Gasteiger partial charge in [0.1, 0.15) is 0 Å². The maximum atomic E-state index is 9.92. The maximum absolute atomic E-state index is 9.92. The molecule has 4 nitrogen and oxygen atoms in total. The lowest BCUT2D eigenvalue weighted by Gasteiger charge is -1.92. The van der Waals surface area contributed by atoms with Gasteiger partial charge in [-0.2, -0.15) is 5.26 Å². The van der Waals surface area contributed by atoms with Gasteiger partial charge in [0.15, 0.2) is 5.81 Å². The molecule has 0 saturated heterocycles. The summed E-state index contributed by atoms with van der Waals surface area (Å²) in [4.78, 5) is 8.10. The molecule has 0 aliphatic carbocycles. The first-order valence-electron chi connectivity index (χ1n) is 1.42. The highest BCUT2D eigenvalue weighted by atomic mass is 31.2. The summed E-state index contributed by atoms with van der Waals surface area (Å²) in [6.07, 6.45) is 0. The van der Waals surface area contributed by atoms with Gasteiger partial charge in [-0.1, -0.05) is 0 Å². The van der Waals surface area contributed by atoms with E-state index in [1.165, 1.54) is 0 Å². The van der Waals surface area contributed by atoms with E-state index in [2.05, 4.69) is 4.52 Å². The van der Waals surface area contributed by atoms with Crippen molar-refractivity contribution in [2.24, 2.45) is 0 Å². The van der Waals surface area contributed by atoms with E-state index >= 15 is 0 Å². The topological polar surface area (TPSA) is 70.3 Å². The van der Waals surface area contributed by atoms with Gasteiger partial charge in [-0.25, -0.2) is 4.57 Å². The summed E-state index contributed by atoms with van der Waals surface area (Å²) in [7, 11) is -2.84. The molecule has 0 aromatic carbocycles. The normalized spacial score (nSPS) is 17.3. The minimum Gasteiger partial charge on any atom is -0.314 e. The molecule has 0 aliphatic heterocycles. The van der Waals surface area contributed by atoms with E-state index in [0.29, 0.717) is 0 Å². The van der Waals surface area contributed by atoms with Gasteiger partial charge in [-0.05, 0) is 0 Å². The quantitative estimate of drug-likeness (QED) is 0.506. The Labute approximate surface area is 40.9 Å². The fourth-order valence-corrected chi connectivity index (χ4v) is 0.122. The van der Waals surface area contributed by atoms with Crippen molar-refractivity contribution in [2.45, 2.75) is 0 Å². The van der Waals surface area contributed by atoms with E-state index in [1.807, 2.05) is 0 Å². The summed E-state index contributed by atoms with van der Waals surface area (Å²) >= 11 is 0. The second-order valence-corrected chi connectivity index (χ2v) is 2.41. The first-order chi connectivity index (χ1) is 3.12. The third kappa shape index (κ3) is 2.35. The average molecular weight is 121 g/mol. The van der Waals surface area contributed by atoms with Crippen LogP contribution >= 0.6 is 7.60 Å². The standard InChI is InChI=1S/C2H4NO3P/c1-6-7(4,5)2-3/h1H3,(H,4,5). The molecule has 0 saturated carbocycles. The summed E-state index contributed by atoms with van der Waals surface area (Å²) in [5, 5.41) is 7.71. The number of hydrogen-bond acceptors (Lipinski definition) is 3. The minimum atomic E-state index is -3.85. The molecule has 1 unspecified atom stereocenters. The number of nitrogens with zero attached hydrogens (tertiary/aromatic N) is 1. The molecule has 0 aromatic rings. The van der Waals surface area contributed by atoms with E-state index in [1.54, 1.807) is 0 Å². The van der Waals surface area contributed by atoms with Crippen LogP contribution in [0.1, 0.15) is 0 Å². The number of rotatable bonds is 1. The number of nitriles is 1. The Kier molecular flexibility index (Phi) is 1.97. The van der Waals surface area contributed by atoms with Gasteiger partial charge in [0.05, 0.1) is 0 Å². The highest BCUT2D eigenvalue weighted by molar-refractivity contribution is 7.58. The van der Waals surface area contributed by atoms with Crippen LogP contribution in [0.15, 0.2) is 0 Å². The molecule has 0 aromatic heterocycles. The largest absolute Gasteiger partial charge is 0.428 e. The Hall–Kier alpha value is -0.360. The lowest BCUT2D eigenvalue weighted by Crippen LogP contribution is -1.74. The fraction of sp³-hybridized carbons (Fsp3) is 0.500. The third-order valence-corrected chi connectivity index (χ3v) is 1.12. The molecule has 0 heterocycles. The molecular formula is C2H4NO3P. The Morgan fingerprint density at radius 3 is 2.43 bits per heavy atom. The Morgan fingerprint density at radius 1 is 2.00 bits per heavy atom. The monoisotopic (exact) mass is 121 g/mol. The molecule has 1 N–H and O–H groups in total. The van der Waals surface area contributed by atoms with E-state index in [-0.39, 0.29) is 0 Å². The van der Waals surface area contributed by atoms with Crippen LogP contribution in [-0.2, 0) is 9.09 Å². The zero-order chi connectivity index (χ0) is 5.91. The molecule has 7 heavy (non-hydrogen) atoms. The molecule has 0 bridgehead atoms. The van der Waals surface area contributed by atoms with E-state index in [4.69, 9.17) is 10.2 Å². The Bertz CT molecular complexity index is 136. The molecule has 0 amide bonds. The van der Waals surface area contributed by atoms with Gasteiger partial charge in [0, 0.05) is 7.11 Å². The van der Waals surface area contributed by atoms with Gasteiger partial charge < -0.3 is 9.42 Å². The van der Waals surface area contributed by atoms with Crippen molar-refractivity contribution in [3.8, 4) is 5.81 Å². The third-order valence-electron chi connectivity index (χ3n) is 0.374. The van der Waals surface area contributed by atoms with Crippen LogP contribution < -0.4 is 0 Å². The van der Waals surface area contributed by atoms with Crippen molar-refractivity contribution in [2.75, 3.05) is 7.11 Å². The molecule has 0 fully saturated rings. The van der Waals surface area contributed by atoms with Crippen molar-refractivity contribution in [3.05, 3.63) is 0 Å². The predicted octanol–water partition coefficient (Wildman–Crippen LogP) is 0.299. The van der Waals surface area contributed by atoms with Gasteiger partial charge in [0.25, 0.3) is 0 Å². The van der Waals surface area contributed by atoms with E-state index in [0.717, 1.165) is 12.9 Å². The lowest BCUT2D eigenvalue weighted by atomic mass is 11.8. The second kappa shape index (κ2) is 2.08. The molecular weight excluding hydrogens is 117 g/mol. The van der Waals surface area contributed by atoms with Crippen LogP contribution in [0.2, 0.25) is 0 Å². The molecule has 5 heteroatoms. The highest BCUT2D eigenvalue weighted by Crippen LogP contribution is 2.37. The lowest BCUT2D eigenvalue weighted by molar-refractivity contribution is 0.328. The first kappa shape index (κ1) is 6.64. The molecule has 40 valence electrons. The molecule has 1 atom stereocenters. The average Bonchev–Trinajstić information content (AvgIpc) is 1.68. The number of hydrogen-bond donors (Lipinski definition) is 1. The van der Waals surface area contributed by atoms with Crippen LogP contribution in [-0.4, -0.2) is 12.0 Å². The molecule has 0 spiro atoms. The van der Waals surface area contributed by atoms with Crippen LogP contribution in [0.5, 0.6) is 0 Å². The Balaban J connectivity index is 3.94. The first-order valence-corrected chi connectivity index (χ1v) is 3.00. The Morgan fingerprint density at radius 2 is 2.43 bits per heavy atom. The molecule has 0 rings (SSSR count). The zero-order valence-electron chi connectivity index (χ0n) is 3.66. The van der Waals surface area contributed by atoms with Gasteiger partial charge in [-0.3, -0.25) is 0 Å². The van der Waals surface area contributed by atoms with Crippen LogP contribution in [0, 0.1) is 11.1 Å². The van der Waals surface area contributed by atoms with Crippen molar-refractivity contribution < 1.29 is 14.0 Å². The second-order valence-electron chi connectivity index (χ2n) is 0.803. The van der Waals surface area contributed by atoms with Gasteiger partial charge in [0.2, 0.25) is 0 Å². The minimum absolute atomic E-state index is 1.00. The van der Waals surface area contributed by atoms with Gasteiger partial charge in [-0.15, -0.1) is 0 Å². The summed E-state index contributed by atoms with van der Waals surface area (Å²) in [5.74, 6) is 1.08. The fourth-order valence-electron chi connectivity index (χ4n) is 0.0408. The van der Waals surface area contributed by atoms with Crippen molar-refractivity contribution in [1.82, 2.24) is 0 Å². The molecule has 0 aliphatic rings. The van der Waals surface area contributed by atoms with E-state index in [9.17, 15) is 4.57 Å². The highest BCUT2D eigenvalue weighted by Gasteiger charge is 2.12. The predicted molar refractivity (Wildman–Crippen MR) is 22.4 cm³/mol. The van der Waals surface area contributed by atoms with Crippen molar-refractivity contribution >= 4 is 7.60 Å². The smallest absolute Gasteiger partial charge is 0.314 e. The van der Waals surface area contributed by atoms with Crippen molar-refractivity contribution in [3.63, 3.8) is 0 Å².